The molecule has 0 aliphatic rings. The molecule has 0 saturated carbocycles. The van der Waals surface area contributed by atoms with Gasteiger partial charge in [-0.25, -0.2) is 12.8 Å². The van der Waals surface area contributed by atoms with Crippen molar-refractivity contribution >= 4 is 15.7 Å². The average Bonchev–Trinajstić information content (AvgIpc) is 2.87. The first-order valence-electron chi connectivity index (χ1n) is 8.13. The predicted molar refractivity (Wildman–Crippen MR) is 99.2 cm³/mol. The molecule has 1 N–H and O–H groups in total. The fourth-order valence-electron chi connectivity index (χ4n) is 2.74. The van der Waals surface area contributed by atoms with Crippen molar-refractivity contribution in [3.63, 3.8) is 0 Å². The summed E-state index contributed by atoms with van der Waals surface area (Å²) in [5.74, 6) is -0.434. The third-order valence-electron chi connectivity index (χ3n) is 4.05. The van der Waals surface area contributed by atoms with Crippen molar-refractivity contribution in [2.75, 3.05) is 4.72 Å². The smallest absolute Gasteiger partial charge is 0.261 e. The number of aromatic nitrogens is 2. The number of hydrogen-bond donors (Lipinski definition) is 1. The van der Waals surface area contributed by atoms with Crippen molar-refractivity contribution < 1.29 is 12.8 Å². The Kier molecular flexibility index (Phi) is 4.82. The van der Waals surface area contributed by atoms with E-state index in [-0.39, 0.29) is 10.5 Å². The van der Waals surface area contributed by atoms with E-state index in [0.29, 0.717) is 12.2 Å². The largest absolute Gasteiger partial charge is 0.280 e. The van der Waals surface area contributed by atoms with E-state index in [1.54, 1.807) is 18.2 Å². The molecule has 0 aliphatic carbocycles. The molecule has 3 rings (SSSR count). The van der Waals surface area contributed by atoms with Gasteiger partial charge in [0.2, 0.25) is 0 Å². The third-order valence-corrected chi connectivity index (χ3v) is 5.43. The number of rotatable bonds is 5. The second-order valence-corrected chi connectivity index (χ2v) is 7.98. The zero-order valence-corrected chi connectivity index (χ0v) is 15.6. The normalized spacial score (nSPS) is 11.5. The van der Waals surface area contributed by atoms with Crippen LogP contribution in [0, 0.1) is 26.6 Å². The van der Waals surface area contributed by atoms with E-state index in [2.05, 4.69) is 9.82 Å². The summed E-state index contributed by atoms with van der Waals surface area (Å²) in [6, 6.07) is 12.9. The maximum absolute atomic E-state index is 13.4. The van der Waals surface area contributed by atoms with Crippen LogP contribution in [0.1, 0.15) is 22.5 Å². The van der Waals surface area contributed by atoms with Crippen molar-refractivity contribution in [1.82, 2.24) is 9.78 Å². The first kappa shape index (κ1) is 18.1. The first-order valence-corrected chi connectivity index (χ1v) is 9.62. The van der Waals surface area contributed by atoms with Crippen LogP contribution >= 0.6 is 0 Å². The number of halogens is 1. The van der Waals surface area contributed by atoms with Crippen LogP contribution in [0.15, 0.2) is 53.4 Å². The minimum absolute atomic E-state index is 0.0281. The van der Waals surface area contributed by atoms with Crippen LogP contribution in [-0.4, -0.2) is 18.2 Å². The Hall–Kier alpha value is -2.67. The number of sulfonamides is 1. The molecule has 0 unspecified atom stereocenters. The Morgan fingerprint density at radius 2 is 1.85 bits per heavy atom. The molecular formula is C19H20FN3O2S. The van der Waals surface area contributed by atoms with Gasteiger partial charge >= 0.3 is 0 Å². The fourth-order valence-corrected chi connectivity index (χ4v) is 3.87. The van der Waals surface area contributed by atoms with Crippen molar-refractivity contribution in [1.29, 1.82) is 0 Å². The summed E-state index contributed by atoms with van der Waals surface area (Å²) in [6.45, 7) is 5.98. The first-order chi connectivity index (χ1) is 12.2. The van der Waals surface area contributed by atoms with Crippen molar-refractivity contribution in [2.24, 2.45) is 0 Å². The molecule has 0 saturated heterocycles. The van der Waals surface area contributed by atoms with E-state index in [4.69, 9.17) is 0 Å². The molecule has 0 fully saturated rings. The van der Waals surface area contributed by atoms with Crippen molar-refractivity contribution in [2.45, 2.75) is 32.2 Å². The second kappa shape index (κ2) is 6.92. The van der Waals surface area contributed by atoms with Crippen molar-refractivity contribution in [3.05, 3.63) is 76.9 Å². The number of aryl methyl sites for hydroxylation is 3. The highest BCUT2D eigenvalue weighted by Gasteiger charge is 2.16. The summed E-state index contributed by atoms with van der Waals surface area (Å²) in [5.41, 5.74) is 3.63. The fraction of sp³-hybridized carbons (Fsp3) is 0.211. The van der Waals surface area contributed by atoms with Crippen molar-refractivity contribution in [3.8, 4) is 0 Å². The molecule has 1 heterocycles. The number of benzene rings is 2. The molecule has 0 spiro atoms. The maximum Gasteiger partial charge on any atom is 0.261 e. The number of hydrogen-bond acceptors (Lipinski definition) is 3. The van der Waals surface area contributed by atoms with Gasteiger partial charge in [-0.1, -0.05) is 12.1 Å². The molecule has 0 amide bonds. The molecule has 3 aromatic rings. The summed E-state index contributed by atoms with van der Waals surface area (Å²) in [7, 11) is -3.79. The van der Waals surface area contributed by atoms with Gasteiger partial charge in [0.05, 0.1) is 17.1 Å². The molecule has 0 aliphatic heterocycles. The monoisotopic (exact) mass is 373 g/mol. The van der Waals surface area contributed by atoms with Gasteiger partial charge in [0.1, 0.15) is 5.82 Å². The van der Waals surface area contributed by atoms with Crippen LogP contribution in [-0.2, 0) is 16.6 Å². The van der Waals surface area contributed by atoms with Crippen LogP contribution < -0.4 is 4.72 Å². The van der Waals surface area contributed by atoms with Gasteiger partial charge in [-0.05, 0) is 68.3 Å². The van der Waals surface area contributed by atoms with E-state index in [1.807, 2.05) is 30.7 Å². The van der Waals surface area contributed by atoms with Gasteiger partial charge in [0.25, 0.3) is 10.0 Å². The highest BCUT2D eigenvalue weighted by atomic mass is 32.2. The Bertz CT molecular complexity index is 1060. The summed E-state index contributed by atoms with van der Waals surface area (Å²) in [4.78, 5) is 0.0281. The molecule has 1 aromatic heterocycles. The molecule has 136 valence electrons. The molecule has 7 heteroatoms. The quantitative estimate of drug-likeness (QED) is 0.740. The van der Waals surface area contributed by atoms with Crippen LogP contribution in [0.25, 0.3) is 0 Å². The lowest BCUT2D eigenvalue weighted by molar-refractivity contribution is 0.598. The highest BCUT2D eigenvalue weighted by molar-refractivity contribution is 7.92. The lowest BCUT2D eigenvalue weighted by Crippen LogP contribution is -2.13. The zero-order valence-electron chi connectivity index (χ0n) is 14.8. The number of nitrogens with one attached hydrogen (secondary N) is 1. The highest BCUT2D eigenvalue weighted by Crippen LogP contribution is 2.20. The molecule has 0 atom stereocenters. The molecule has 0 radical (unpaired) electrons. The van der Waals surface area contributed by atoms with Gasteiger partial charge in [0.15, 0.2) is 0 Å². The number of anilines is 1. The Labute approximate surface area is 152 Å². The minimum Gasteiger partial charge on any atom is -0.280 e. The summed E-state index contributed by atoms with van der Waals surface area (Å²) in [5, 5.41) is 4.42. The SMILES string of the molecule is Cc1cc(C)n(Cc2cccc(NS(=O)(=O)c3ccc(F)c(C)c3)c2)n1. The van der Waals surface area contributed by atoms with Crippen LogP contribution in [0.5, 0.6) is 0 Å². The van der Waals surface area contributed by atoms with E-state index in [9.17, 15) is 12.8 Å². The van der Waals surface area contributed by atoms with Crippen LogP contribution in [0.3, 0.4) is 0 Å². The third kappa shape index (κ3) is 3.94. The van der Waals surface area contributed by atoms with Crippen LogP contribution in [0.4, 0.5) is 10.1 Å². The lowest BCUT2D eigenvalue weighted by atomic mass is 10.2. The van der Waals surface area contributed by atoms with Crippen LogP contribution in [0.2, 0.25) is 0 Å². The molecular weight excluding hydrogens is 353 g/mol. The van der Waals surface area contributed by atoms with E-state index >= 15 is 0 Å². The Morgan fingerprint density at radius 1 is 1.08 bits per heavy atom. The van der Waals surface area contributed by atoms with Gasteiger partial charge in [-0.2, -0.15) is 5.10 Å². The number of nitrogens with zero attached hydrogens (tertiary/aromatic N) is 2. The van der Waals surface area contributed by atoms with E-state index in [0.717, 1.165) is 23.0 Å². The van der Waals surface area contributed by atoms with E-state index < -0.39 is 15.8 Å². The van der Waals surface area contributed by atoms with Gasteiger partial charge < -0.3 is 0 Å². The molecule has 2 aromatic carbocycles. The standard InChI is InChI=1S/C19H20FN3O2S/c1-13-9-18(7-8-19(13)20)26(24,25)22-17-6-4-5-16(11-17)12-23-15(3)10-14(2)21-23/h4-11,22H,12H2,1-3H3. The second-order valence-electron chi connectivity index (χ2n) is 6.30. The van der Waals surface area contributed by atoms with Gasteiger partial charge in [-0.3, -0.25) is 9.40 Å². The Morgan fingerprint density at radius 3 is 2.50 bits per heavy atom. The minimum atomic E-state index is -3.79. The lowest BCUT2D eigenvalue weighted by Gasteiger charge is -2.11. The zero-order chi connectivity index (χ0) is 18.9. The molecule has 5 nitrogen and oxygen atoms in total. The maximum atomic E-state index is 13.4. The molecule has 0 bridgehead atoms. The van der Waals surface area contributed by atoms with E-state index in [1.165, 1.54) is 19.1 Å². The summed E-state index contributed by atoms with van der Waals surface area (Å²) in [6.07, 6.45) is 0. The summed E-state index contributed by atoms with van der Waals surface area (Å²) < 4.78 is 42.9. The topological polar surface area (TPSA) is 64.0 Å². The average molecular weight is 373 g/mol. The Balaban J connectivity index is 1.83. The van der Waals surface area contributed by atoms with Gasteiger partial charge in [0, 0.05) is 11.4 Å². The molecule has 26 heavy (non-hydrogen) atoms. The predicted octanol–water partition coefficient (Wildman–Crippen LogP) is 3.80. The summed E-state index contributed by atoms with van der Waals surface area (Å²) >= 11 is 0. The van der Waals surface area contributed by atoms with Gasteiger partial charge in [-0.15, -0.1) is 0 Å².